The molecule has 0 aliphatic heterocycles. The minimum Gasteiger partial charge on any atom is -0.353 e. The molecule has 0 saturated carbocycles. The van der Waals surface area contributed by atoms with E-state index in [4.69, 9.17) is 0 Å². The van der Waals surface area contributed by atoms with Gasteiger partial charge in [-0.2, -0.15) is 5.10 Å². The highest BCUT2D eigenvalue weighted by molar-refractivity contribution is 5.78. The Bertz CT molecular complexity index is 1040. The predicted octanol–water partition coefficient (Wildman–Crippen LogP) is 0.0780. The number of fused-ring (bicyclic) bond motifs is 1. The Morgan fingerprint density at radius 1 is 1.16 bits per heavy atom. The van der Waals surface area contributed by atoms with Crippen molar-refractivity contribution in [3.05, 3.63) is 69.1 Å². The number of amides is 1. The minimum absolute atomic E-state index is 0.132. The molecule has 3 aromatic rings. The lowest BCUT2D eigenvalue weighted by atomic mass is 10.2. The van der Waals surface area contributed by atoms with Gasteiger partial charge in [-0.15, -0.1) is 0 Å². The molecule has 0 spiro atoms. The number of nitrogens with zero attached hydrogens (tertiary/aromatic N) is 4. The Morgan fingerprint density at radius 3 is 2.80 bits per heavy atom. The zero-order valence-corrected chi connectivity index (χ0v) is 13.7. The number of para-hydroxylation sites is 1. The minimum atomic E-state index is -0.333. The van der Waals surface area contributed by atoms with Crippen LogP contribution in [0.25, 0.3) is 10.9 Å². The van der Waals surface area contributed by atoms with Crippen LogP contribution < -0.4 is 16.4 Å². The molecule has 0 saturated heterocycles. The number of carbonyl (C=O) groups is 1. The van der Waals surface area contributed by atoms with Crippen LogP contribution in [0, 0.1) is 6.92 Å². The molecule has 8 nitrogen and oxygen atoms in total. The number of rotatable bonds is 5. The van der Waals surface area contributed by atoms with Crippen LogP contribution in [0.3, 0.4) is 0 Å². The number of hydrogen-bond donors (Lipinski definition) is 1. The molecule has 25 heavy (non-hydrogen) atoms. The van der Waals surface area contributed by atoms with E-state index in [1.54, 1.807) is 37.3 Å². The van der Waals surface area contributed by atoms with Crippen LogP contribution in [0.1, 0.15) is 5.69 Å². The molecule has 0 atom stereocenters. The van der Waals surface area contributed by atoms with Crippen molar-refractivity contribution < 1.29 is 4.79 Å². The summed E-state index contributed by atoms with van der Waals surface area (Å²) >= 11 is 0. The summed E-state index contributed by atoms with van der Waals surface area (Å²) in [5, 5.41) is 7.23. The lowest BCUT2D eigenvalue weighted by Crippen LogP contribution is -2.36. The second-order valence-electron chi connectivity index (χ2n) is 5.58. The van der Waals surface area contributed by atoms with Crippen LogP contribution in [0.15, 0.2) is 52.3 Å². The van der Waals surface area contributed by atoms with Gasteiger partial charge in [0.25, 0.3) is 11.1 Å². The molecule has 1 amide bonds. The van der Waals surface area contributed by atoms with Crippen LogP contribution in [-0.4, -0.2) is 31.8 Å². The van der Waals surface area contributed by atoms with E-state index in [2.05, 4.69) is 15.4 Å². The van der Waals surface area contributed by atoms with Crippen molar-refractivity contribution in [1.82, 2.24) is 24.6 Å². The number of aromatic nitrogens is 4. The van der Waals surface area contributed by atoms with Gasteiger partial charge in [0.15, 0.2) is 0 Å². The molecular formula is C17H17N5O3. The van der Waals surface area contributed by atoms with Gasteiger partial charge in [-0.05, 0) is 25.1 Å². The summed E-state index contributed by atoms with van der Waals surface area (Å²) in [6.45, 7) is 2.16. The summed E-state index contributed by atoms with van der Waals surface area (Å²) in [7, 11) is 0. The molecule has 0 aliphatic carbocycles. The molecule has 1 N–H and O–H groups in total. The lowest BCUT2D eigenvalue weighted by Gasteiger charge is -2.09. The maximum Gasteiger partial charge on any atom is 0.266 e. The van der Waals surface area contributed by atoms with E-state index < -0.39 is 0 Å². The number of carbonyl (C=O) groups excluding carboxylic acids is 1. The van der Waals surface area contributed by atoms with Crippen LogP contribution in [0.5, 0.6) is 0 Å². The highest BCUT2D eigenvalue weighted by atomic mass is 16.2. The maximum absolute atomic E-state index is 12.3. The molecular weight excluding hydrogens is 322 g/mol. The Labute approximate surface area is 142 Å². The molecule has 3 rings (SSSR count). The predicted molar refractivity (Wildman–Crippen MR) is 92.2 cm³/mol. The normalized spacial score (nSPS) is 10.8. The highest BCUT2D eigenvalue weighted by Gasteiger charge is 2.08. The van der Waals surface area contributed by atoms with Crippen LogP contribution in [0.4, 0.5) is 0 Å². The first kappa shape index (κ1) is 16.6. The molecule has 1 aromatic carbocycles. The van der Waals surface area contributed by atoms with E-state index in [-0.39, 0.29) is 36.7 Å². The van der Waals surface area contributed by atoms with Gasteiger partial charge in [-0.1, -0.05) is 12.1 Å². The average molecular weight is 339 g/mol. The topological polar surface area (TPSA) is 98.9 Å². The third-order valence-electron chi connectivity index (χ3n) is 3.69. The van der Waals surface area contributed by atoms with Gasteiger partial charge < -0.3 is 5.32 Å². The summed E-state index contributed by atoms with van der Waals surface area (Å²) in [5.74, 6) is -0.333. The summed E-state index contributed by atoms with van der Waals surface area (Å²) < 4.78 is 2.55. The second kappa shape index (κ2) is 7.08. The maximum atomic E-state index is 12.3. The number of aryl methyl sites for hydroxylation is 1. The van der Waals surface area contributed by atoms with Crippen molar-refractivity contribution in [2.75, 3.05) is 6.54 Å². The number of benzene rings is 1. The zero-order valence-electron chi connectivity index (χ0n) is 13.7. The van der Waals surface area contributed by atoms with Gasteiger partial charge in [0.1, 0.15) is 6.54 Å². The highest BCUT2D eigenvalue weighted by Crippen LogP contribution is 2.04. The Hall–Kier alpha value is -3.29. The third-order valence-corrected chi connectivity index (χ3v) is 3.69. The quantitative estimate of drug-likeness (QED) is 0.710. The van der Waals surface area contributed by atoms with Crippen LogP contribution in [-0.2, 0) is 17.9 Å². The van der Waals surface area contributed by atoms with Gasteiger partial charge in [-0.3, -0.25) is 19.0 Å². The summed E-state index contributed by atoms with van der Waals surface area (Å²) in [6.07, 6.45) is 1.36. The molecule has 0 aliphatic rings. The van der Waals surface area contributed by atoms with Crippen LogP contribution >= 0.6 is 0 Å². The molecule has 2 heterocycles. The second-order valence-corrected chi connectivity index (χ2v) is 5.58. The van der Waals surface area contributed by atoms with Crippen molar-refractivity contribution in [3.8, 4) is 0 Å². The van der Waals surface area contributed by atoms with Crippen molar-refractivity contribution in [2.24, 2.45) is 0 Å². The summed E-state index contributed by atoms with van der Waals surface area (Å²) in [5.41, 5.74) is 0.820. The standard InChI is InChI=1S/C17H17N5O3/c1-12-6-7-16(24)22(20-12)9-8-18-15(23)10-21-11-19-14-5-3-2-4-13(14)17(21)25/h2-7,11H,8-10H2,1H3,(H,18,23). The Morgan fingerprint density at radius 2 is 1.96 bits per heavy atom. The zero-order chi connectivity index (χ0) is 17.8. The fraction of sp³-hybridized carbons (Fsp3) is 0.235. The summed E-state index contributed by atoms with van der Waals surface area (Å²) in [4.78, 5) is 40.2. The van der Waals surface area contributed by atoms with E-state index in [0.29, 0.717) is 10.9 Å². The first-order valence-corrected chi connectivity index (χ1v) is 7.80. The van der Waals surface area contributed by atoms with Crippen molar-refractivity contribution in [2.45, 2.75) is 20.0 Å². The first-order chi connectivity index (χ1) is 12.0. The van der Waals surface area contributed by atoms with Crippen molar-refractivity contribution in [1.29, 1.82) is 0 Å². The lowest BCUT2D eigenvalue weighted by molar-refractivity contribution is -0.121. The van der Waals surface area contributed by atoms with Crippen molar-refractivity contribution in [3.63, 3.8) is 0 Å². The number of hydrogen-bond acceptors (Lipinski definition) is 5. The largest absolute Gasteiger partial charge is 0.353 e. The molecule has 2 aromatic heterocycles. The third kappa shape index (κ3) is 3.79. The van der Waals surface area contributed by atoms with Gasteiger partial charge in [-0.25, -0.2) is 9.67 Å². The smallest absolute Gasteiger partial charge is 0.266 e. The number of nitrogens with one attached hydrogen (secondary N) is 1. The van der Waals surface area contributed by atoms with E-state index in [9.17, 15) is 14.4 Å². The van der Waals surface area contributed by atoms with E-state index in [1.807, 2.05) is 0 Å². The summed E-state index contributed by atoms with van der Waals surface area (Å²) in [6, 6.07) is 10.0. The monoisotopic (exact) mass is 339 g/mol. The fourth-order valence-electron chi connectivity index (χ4n) is 2.44. The van der Waals surface area contributed by atoms with Gasteiger partial charge in [0, 0.05) is 12.6 Å². The van der Waals surface area contributed by atoms with E-state index >= 15 is 0 Å². The Kier molecular flexibility index (Phi) is 4.69. The molecule has 0 bridgehead atoms. The molecule has 0 unspecified atom stereocenters. The van der Waals surface area contributed by atoms with Crippen molar-refractivity contribution >= 4 is 16.8 Å². The van der Waals surface area contributed by atoms with Gasteiger partial charge in [0.05, 0.1) is 29.5 Å². The average Bonchev–Trinajstić information content (AvgIpc) is 2.61. The van der Waals surface area contributed by atoms with Gasteiger partial charge >= 0.3 is 0 Å². The molecule has 8 heteroatoms. The SMILES string of the molecule is Cc1ccc(=O)n(CCNC(=O)Cn2cnc3ccccc3c2=O)n1. The van der Waals surface area contributed by atoms with Gasteiger partial charge in [0.2, 0.25) is 5.91 Å². The fourth-order valence-corrected chi connectivity index (χ4v) is 2.44. The molecule has 128 valence electrons. The van der Waals surface area contributed by atoms with Crippen LogP contribution in [0.2, 0.25) is 0 Å². The Balaban J connectivity index is 1.63. The first-order valence-electron chi connectivity index (χ1n) is 7.80. The molecule has 0 fully saturated rings. The van der Waals surface area contributed by atoms with E-state index in [0.717, 1.165) is 5.69 Å². The van der Waals surface area contributed by atoms with E-state index in [1.165, 1.54) is 21.6 Å². The molecule has 0 radical (unpaired) electrons.